The van der Waals surface area contributed by atoms with Crippen molar-refractivity contribution in [2.24, 2.45) is 5.73 Å². The van der Waals surface area contributed by atoms with Gasteiger partial charge in [0, 0.05) is 11.1 Å². The van der Waals surface area contributed by atoms with Gasteiger partial charge in [-0.15, -0.1) is 0 Å². The monoisotopic (exact) mass is 312 g/mol. The average Bonchev–Trinajstić information content (AvgIpc) is 3.12. The molecule has 5 N–H and O–H groups in total. The van der Waals surface area contributed by atoms with E-state index in [1.807, 2.05) is 6.92 Å². The number of hydrogen-bond acceptors (Lipinski definition) is 5. The van der Waals surface area contributed by atoms with Gasteiger partial charge in [0.15, 0.2) is 0 Å². The number of anilines is 1. The fraction of sp³-hybridized carbons (Fsp3) is 0.125. The van der Waals surface area contributed by atoms with Crippen LogP contribution in [-0.4, -0.2) is 20.8 Å². The Labute approximate surface area is 132 Å². The maximum atomic E-state index is 11.8. The first-order valence-electron chi connectivity index (χ1n) is 6.92. The molecule has 118 valence electrons. The van der Waals surface area contributed by atoms with Gasteiger partial charge in [0.1, 0.15) is 22.8 Å². The highest BCUT2D eigenvalue weighted by Crippen LogP contribution is 2.33. The minimum atomic E-state index is -0.680. The molecular weight excluding hydrogens is 296 g/mol. The van der Waals surface area contributed by atoms with Gasteiger partial charge in [-0.3, -0.25) is 4.79 Å². The average molecular weight is 312 g/mol. The van der Waals surface area contributed by atoms with Crippen LogP contribution in [0.25, 0.3) is 16.9 Å². The molecule has 1 amide bonds. The van der Waals surface area contributed by atoms with E-state index in [1.54, 1.807) is 25.1 Å². The third-order valence-corrected chi connectivity index (χ3v) is 3.78. The maximum absolute atomic E-state index is 11.8. The molecule has 0 bridgehead atoms. The lowest BCUT2D eigenvalue weighted by atomic mass is 10.1. The van der Waals surface area contributed by atoms with Gasteiger partial charge in [-0.25, -0.2) is 4.68 Å². The van der Waals surface area contributed by atoms with Gasteiger partial charge in [0.25, 0.3) is 5.91 Å². The Balaban J connectivity index is 2.33. The number of benzene rings is 1. The standard InChI is InChI=1S/C16H16N4O3/c1-8-3-4-11(21)9(2)14(8)20-15(17)12(16(18)22)13(19-20)10-5-6-23-7-10/h3-7,21H,17H2,1-2H3,(H2,18,22). The highest BCUT2D eigenvalue weighted by Gasteiger charge is 2.24. The van der Waals surface area contributed by atoms with Crippen LogP contribution in [0.3, 0.4) is 0 Å². The molecular formula is C16H16N4O3. The summed E-state index contributed by atoms with van der Waals surface area (Å²) in [5.41, 5.74) is 14.7. The second kappa shape index (κ2) is 5.20. The quantitative estimate of drug-likeness (QED) is 0.684. The van der Waals surface area contributed by atoms with Crippen molar-refractivity contribution in [3.8, 4) is 22.7 Å². The van der Waals surface area contributed by atoms with Gasteiger partial charge in [0.2, 0.25) is 0 Å². The topological polar surface area (TPSA) is 120 Å². The van der Waals surface area contributed by atoms with Crippen LogP contribution in [0.4, 0.5) is 5.82 Å². The van der Waals surface area contributed by atoms with Gasteiger partial charge >= 0.3 is 0 Å². The number of nitrogens with zero attached hydrogens (tertiary/aromatic N) is 2. The molecule has 1 aromatic carbocycles. The van der Waals surface area contributed by atoms with Crippen LogP contribution in [0.1, 0.15) is 21.5 Å². The fourth-order valence-corrected chi connectivity index (χ4v) is 2.60. The molecule has 7 heteroatoms. The highest BCUT2D eigenvalue weighted by molar-refractivity contribution is 6.03. The first kappa shape index (κ1) is 14.7. The van der Waals surface area contributed by atoms with Crippen LogP contribution >= 0.6 is 0 Å². The summed E-state index contributed by atoms with van der Waals surface area (Å²) in [5.74, 6) is -0.447. The van der Waals surface area contributed by atoms with E-state index in [4.69, 9.17) is 15.9 Å². The molecule has 0 radical (unpaired) electrons. The number of phenols is 1. The van der Waals surface area contributed by atoms with Crippen LogP contribution in [0, 0.1) is 13.8 Å². The van der Waals surface area contributed by atoms with E-state index < -0.39 is 5.91 Å². The van der Waals surface area contributed by atoms with Gasteiger partial charge < -0.3 is 21.0 Å². The Morgan fingerprint density at radius 3 is 2.65 bits per heavy atom. The number of amides is 1. The zero-order chi connectivity index (χ0) is 16.7. The smallest absolute Gasteiger partial charge is 0.254 e. The zero-order valence-electron chi connectivity index (χ0n) is 12.7. The van der Waals surface area contributed by atoms with E-state index in [1.165, 1.54) is 17.2 Å². The van der Waals surface area contributed by atoms with Crippen molar-refractivity contribution in [1.29, 1.82) is 0 Å². The number of furan rings is 1. The van der Waals surface area contributed by atoms with Crippen molar-refractivity contribution in [2.75, 3.05) is 5.73 Å². The number of aromatic nitrogens is 2. The molecule has 0 saturated heterocycles. The van der Waals surface area contributed by atoms with E-state index in [-0.39, 0.29) is 17.1 Å². The summed E-state index contributed by atoms with van der Waals surface area (Å²) < 4.78 is 6.47. The van der Waals surface area contributed by atoms with Gasteiger partial charge in [-0.05, 0) is 31.5 Å². The predicted molar refractivity (Wildman–Crippen MR) is 85.3 cm³/mol. The second-order valence-corrected chi connectivity index (χ2v) is 5.27. The number of primary amides is 1. The van der Waals surface area contributed by atoms with E-state index in [9.17, 15) is 9.90 Å². The van der Waals surface area contributed by atoms with Crippen LogP contribution in [-0.2, 0) is 0 Å². The molecule has 7 nitrogen and oxygen atoms in total. The van der Waals surface area contributed by atoms with Crippen molar-refractivity contribution in [1.82, 2.24) is 9.78 Å². The summed E-state index contributed by atoms with van der Waals surface area (Å²) >= 11 is 0. The Kier molecular flexibility index (Phi) is 3.33. The molecule has 3 aromatic rings. The number of hydrogen-bond donors (Lipinski definition) is 3. The summed E-state index contributed by atoms with van der Waals surface area (Å²) in [7, 11) is 0. The Hall–Kier alpha value is -3.22. The molecule has 0 aliphatic heterocycles. The summed E-state index contributed by atoms with van der Waals surface area (Å²) in [6.45, 7) is 3.62. The number of nitrogens with two attached hydrogens (primary N) is 2. The number of phenolic OH excluding ortho intramolecular Hbond substituents is 1. The zero-order valence-corrected chi connectivity index (χ0v) is 12.7. The lowest BCUT2D eigenvalue weighted by Crippen LogP contribution is -2.14. The maximum Gasteiger partial charge on any atom is 0.254 e. The van der Waals surface area contributed by atoms with Crippen molar-refractivity contribution in [3.05, 3.63) is 47.4 Å². The first-order valence-corrected chi connectivity index (χ1v) is 6.92. The fourth-order valence-electron chi connectivity index (χ4n) is 2.60. The van der Waals surface area contributed by atoms with Crippen molar-refractivity contribution in [2.45, 2.75) is 13.8 Å². The van der Waals surface area contributed by atoms with Gasteiger partial charge in [-0.2, -0.15) is 5.10 Å². The number of nitrogen functional groups attached to an aromatic ring is 1. The normalized spacial score (nSPS) is 10.9. The Morgan fingerprint density at radius 1 is 1.30 bits per heavy atom. The Morgan fingerprint density at radius 2 is 2.04 bits per heavy atom. The number of rotatable bonds is 3. The van der Waals surface area contributed by atoms with Crippen LogP contribution in [0.5, 0.6) is 5.75 Å². The Bertz CT molecular complexity index is 895. The molecule has 2 aromatic heterocycles. The van der Waals surface area contributed by atoms with Crippen molar-refractivity contribution < 1.29 is 14.3 Å². The number of carbonyl (C=O) groups is 1. The van der Waals surface area contributed by atoms with Gasteiger partial charge in [-0.1, -0.05) is 6.07 Å². The van der Waals surface area contributed by atoms with Gasteiger partial charge in [0.05, 0.1) is 18.2 Å². The lowest BCUT2D eigenvalue weighted by Gasteiger charge is -2.12. The summed E-state index contributed by atoms with van der Waals surface area (Å²) in [6.07, 6.45) is 2.93. The summed E-state index contributed by atoms with van der Waals surface area (Å²) in [4.78, 5) is 11.8. The molecule has 0 spiro atoms. The molecule has 0 aliphatic rings. The van der Waals surface area contributed by atoms with Crippen LogP contribution in [0.15, 0.2) is 35.1 Å². The molecule has 0 saturated carbocycles. The summed E-state index contributed by atoms with van der Waals surface area (Å²) in [6, 6.07) is 5.01. The molecule has 0 unspecified atom stereocenters. The van der Waals surface area contributed by atoms with E-state index in [2.05, 4.69) is 5.10 Å². The first-order chi connectivity index (χ1) is 10.9. The number of aryl methyl sites for hydroxylation is 1. The van der Waals surface area contributed by atoms with Crippen molar-refractivity contribution >= 4 is 11.7 Å². The second-order valence-electron chi connectivity index (χ2n) is 5.27. The van der Waals surface area contributed by atoms with Crippen LogP contribution < -0.4 is 11.5 Å². The molecule has 0 atom stereocenters. The molecule has 2 heterocycles. The highest BCUT2D eigenvalue weighted by atomic mass is 16.3. The lowest BCUT2D eigenvalue weighted by molar-refractivity contribution is 0.100. The predicted octanol–water partition coefficient (Wildman–Crippen LogP) is 2.14. The molecule has 0 fully saturated rings. The number of carbonyl (C=O) groups excluding carboxylic acids is 1. The van der Waals surface area contributed by atoms with E-state index in [0.717, 1.165) is 5.56 Å². The summed E-state index contributed by atoms with van der Waals surface area (Å²) in [5, 5.41) is 14.4. The molecule has 23 heavy (non-hydrogen) atoms. The molecule has 3 rings (SSSR count). The van der Waals surface area contributed by atoms with Crippen LogP contribution in [0.2, 0.25) is 0 Å². The SMILES string of the molecule is Cc1ccc(O)c(C)c1-n1nc(-c2ccoc2)c(C(N)=O)c1N. The minimum absolute atomic E-state index is 0.116. The van der Waals surface area contributed by atoms with E-state index >= 15 is 0 Å². The van der Waals surface area contributed by atoms with E-state index in [0.29, 0.717) is 22.5 Å². The third-order valence-electron chi connectivity index (χ3n) is 3.78. The molecule has 0 aliphatic carbocycles. The van der Waals surface area contributed by atoms with Crippen molar-refractivity contribution in [3.63, 3.8) is 0 Å². The number of aromatic hydroxyl groups is 1. The third kappa shape index (κ3) is 2.22. The largest absolute Gasteiger partial charge is 0.508 e. The minimum Gasteiger partial charge on any atom is -0.508 e.